The SMILES string of the molecule is C[C@@H](Nc1ccc(C(F)(F)F)cc1[N+](=O)[O-])C(=O)Oc1ccc2oc3c(c2c1)CCCC3. The number of nitro benzene ring substituents is 1. The minimum atomic E-state index is -4.72. The van der Waals surface area contributed by atoms with E-state index in [0.717, 1.165) is 48.5 Å². The minimum Gasteiger partial charge on any atom is -0.461 e. The first-order valence-corrected chi connectivity index (χ1v) is 10.0. The normalized spacial score (nSPS) is 14.6. The Morgan fingerprint density at radius 1 is 1.19 bits per heavy atom. The number of hydrogen-bond donors (Lipinski definition) is 1. The third kappa shape index (κ3) is 4.25. The fourth-order valence-electron chi connectivity index (χ4n) is 3.78. The van der Waals surface area contributed by atoms with Gasteiger partial charge in [0.1, 0.15) is 28.8 Å². The van der Waals surface area contributed by atoms with Gasteiger partial charge in [-0.1, -0.05) is 0 Å². The lowest BCUT2D eigenvalue weighted by molar-refractivity contribution is -0.384. The molecule has 2 aromatic carbocycles. The van der Waals surface area contributed by atoms with Crippen LogP contribution in [-0.2, 0) is 23.8 Å². The van der Waals surface area contributed by atoms with Crippen LogP contribution >= 0.6 is 0 Å². The number of fused-ring (bicyclic) bond motifs is 3. The summed E-state index contributed by atoms with van der Waals surface area (Å²) >= 11 is 0. The van der Waals surface area contributed by atoms with E-state index in [1.165, 1.54) is 6.92 Å². The first-order valence-electron chi connectivity index (χ1n) is 10.0. The van der Waals surface area contributed by atoms with Crippen LogP contribution in [0.25, 0.3) is 11.0 Å². The number of esters is 1. The van der Waals surface area contributed by atoms with Crippen molar-refractivity contribution < 1.29 is 32.0 Å². The minimum absolute atomic E-state index is 0.216. The van der Waals surface area contributed by atoms with Gasteiger partial charge in [-0.2, -0.15) is 13.2 Å². The van der Waals surface area contributed by atoms with Crippen LogP contribution in [0, 0.1) is 10.1 Å². The standard InChI is InChI=1S/C22H19F3N2O5/c1-12(26-17-8-6-13(22(23,24)25)10-18(17)27(29)30)21(28)31-14-7-9-20-16(11-14)15-4-2-3-5-19(15)32-20/h6-12,26H,2-5H2,1H3/t12-/m1/s1. The number of alkyl halides is 3. The van der Waals surface area contributed by atoms with Crippen molar-refractivity contribution >= 4 is 28.3 Å². The van der Waals surface area contributed by atoms with Crippen LogP contribution in [0.2, 0.25) is 0 Å². The Morgan fingerprint density at radius 3 is 2.66 bits per heavy atom. The molecule has 10 heteroatoms. The molecule has 1 aromatic heterocycles. The number of carbonyl (C=O) groups is 1. The Morgan fingerprint density at radius 2 is 1.94 bits per heavy atom. The van der Waals surface area contributed by atoms with Gasteiger partial charge >= 0.3 is 12.1 Å². The largest absolute Gasteiger partial charge is 0.461 e. The lowest BCUT2D eigenvalue weighted by atomic mass is 9.96. The topological polar surface area (TPSA) is 94.6 Å². The molecule has 0 fully saturated rings. The van der Waals surface area contributed by atoms with E-state index in [9.17, 15) is 28.1 Å². The van der Waals surface area contributed by atoms with Gasteiger partial charge in [-0.15, -0.1) is 0 Å². The molecule has 0 aliphatic heterocycles. The molecule has 1 atom stereocenters. The van der Waals surface area contributed by atoms with Gasteiger partial charge in [-0.05, 0) is 56.5 Å². The van der Waals surface area contributed by atoms with Gasteiger partial charge in [0.2, 0.25) is 0 Å². The summed E-state index contributed by atoms with van der Waals surface area (Å²) in [7, 11) is 0. The molecule has 0 saturated heterocycles. The van der Waals surface area contributed by atoms with Gasteiger partial charge in [0.05, 0.1) is 10.5 Å². The molecule has 0 amide bonds. The molecule has 0 bridgehead atoms. The van der Waals surface area contributed by atoms with E-state index in [2.05, 4.69) is 5.32 Å². The quantitative estimate of drug-likeness (QED) is 0.235. The molecular weight excluding hydrogens is 429 g/mol. The van der Waals surface area contributed by atoms with Crippen molar-refractivity contribution in [3.8, 4) is 5.75 Å². The third-order valence-corrected chi connectivity index (χ3v) is 5.39. The third-order valence-electron chi connectivity index (χ3n) is 5.39. The van der Waals surface area contributed by atoms with E-state index in [1.807, 2.05) is 0 Å². The maximum Gasteiger partial charge on any atom is 0.416 e. The van der Waals surface area contributed by atoms with Gasteiger partial charge in [0.25, 0.3) is 5.69 Å². The molecule has 32 heavy (non-hydrogen) atoms. The van der Waals surface area contributed by atoms with Crippen molar-refractivity contribution in [2.75, 3.05) is 5.32 Å². The average Bonchev–Trinajstić information content (AvgIpc) is 3.11. The number of aryl methyl sites for hydroxylation is 2. The smallest absolute Gasteiger partial charge is 0.416 e. The maximum atomic E-state index is 12.9. The Bertz CT molecular complexity index is 1200. The van der Waals surface area contributed by atoms with E-state index in [1.54, 1.807) is 18.2 Å². The number of ether oxygens (including phenoxy) is 1. The summed E-state index contributed by atoms with van der Waals surface area (Å²) in [4.78, 5) is 22.8. The molecule has 0 unspecified atom stereocenters. The van der Waals surface area contributed by atoms with Crippen LogP contribution < -0.4 is 10.1 Å². The molecule has 0 spiro atoms. The average molecular weight is 448 g/mol. The number of benzene rings is 2. The van der Waals surface area contributed by atoms with Gasteiger partial charge in [-0.3, -0.25) is 10.1 Å². The predicted molar refractivity (Wildman–Crippen MR) is 110 cm³/mol. The number of nitro groups is 1. The molecule has 1 N–H and O–H groups in total. The fourth-order valence-corrected chi connectivity index (χ4v) is 3.78. The first kappa shape index (κ1) is 21.7. The van der Waals surface area contributed by atoms with Gasteiger partial charge in [0.15, 0.2) is 0 Å². The van der Waals surface area contributed by atoms with Crippen LogP contribution in [0.3, 0.4) is 0 Å². The Balaban J connectivity index is 1.51. The van der Waals surface area contributed by atoms with Crippen molar-refractivity contribution in [3.05, 3.63) is 63.4 Å². The molecule has 0 saturated carbocycles. The van der Waals surface area contributed by atoms with Crippen molar-refractivity contribution in [3.63, 3.8) is 0 Å². The van der Waals surface area contributed by atoms with Crippen LogP contribution in [0.4, 0.5) is 24.5 Å². The van der Waals surface area contributed by atoms with E-state index in [0.29, 0.717) is 17.7 Å². The van der Waals surface area contributed by atoms with Crippen molar-refractivity contribution in [1.29, 1.82) is 0 Å². The number of furan rings is 1. The molecule has 3 aromatic rings. The number of halogens is 3. The van der Waals surface area contributed by atoms with Crippen molar-refractivity contribution in [2.24, 2.45) is 0 Å². The molecule has 1 aliphatic rings. The Hall–Kier alpha value is -3.56. The van der Waals surface area contributed by atoms with Crippen molar-refractivity contribution in [2.45, 2.75) is 44.8 Å². The van der Waals surface area contributed by atoms with Crippen molar-refractivity contribution in [1.82, 2.24) is 0 Å². The zero-order valence-corrected chi connectivity index (χ0v) is 17.0. The monoisotopic (exact) mass is 448 g/mol. The number of nitrogens with zero attached hydrogens (tertiary/aromatic N) is 1. The molecule has 1 aliphatic carbocycles. The first-order chi connectivity index (χ1) is 15.1. The second-order valence-electron chi connectivity index (χ2n) is 7.64. The lowest BCUT2D eigenvalue weighted by Gasteiger charge is -2.15. The molecule has 0 radical (unpaired) electrons. The fraction of sp³-hybridized carbons (Fsp3) is 0.318. The summed E-state index contributed by atoms with van der Waals surface area (Å²) in [6.07, 6.45) is -0.855. The molecule has 1 heterocycles. The number of rotatable bonds is 5. The van der Waals surface area contributed by atoms with E-state index in [-0.39, 0.29) is 11.4 Å². The number of anilines is 1. The van der Waals surface area contributed by atoms with Gasteiger partial charge in [0, 0.05) is 23.4 Å². The highest BCUT2D eigenvalue weighted by molar-refractivity contribution is 5.86. The number of nitrogens with one attached hydrogen (secondary N) is 1. The summed E-state index contributed by atoms with van der Waals surface area (Å²) in [5.74, 6) is 0.488. The number of carbonyl (C=O) groups excluding carboxylic acids is 1. The number of hydrogen-bond acceptors (Lipinski definition) is 6. The summed E-state index contributed by atoms with van der Waals surface area (Å²) < 4.78 is 49.8. The van der Waals surface area contributed by atoms with Crippen LogP contribution in [0.15, 0.2) is 40.8 Å². The molecule has 168 valence electrons. The summed E-state index contributed by atoms with van der Waals surface area (Å²) in [6.45, 7) is 1.40. The maximum absolute atomic E-state index is 12.9. The highest BCUT2D eigenvalue weighted by Crippen LogP contribution is 2.36. The zero-order chi connectivity index (χ0) is 23.0. The van der Waals surface area contributed by atoms with E-state index >= 15 is 0 Å². The lowest BCUT2D eigenvalue weighted by Crippen LogP contribution is -2.30. The van der Waals surface area contributed by atoms with E-state index in [4.69, 9.17) is 9.15 Å². The summed E-state index contributed by atoms with van der Waals surface area (Å²) in [5.41, 5.74) is -0.335. The molecule has 4 rings (SSSR count). The predicted octanol–water partition coefficient (Wildman–Crippen LogP) is 5.64. The second-order valence-corrected chi connectivity index (χ2v) is 7.64. The highest BCUT2D eigenvalue weighted by atomic mass is 19.4. The summed E-state index contributed by atoms with van der Waals surface area (Å²) in [5, 5.41) is 14.7. The zero-order valence-electron chi connectivity index (χ0n) is 17.0. The van der Waals surface area contributed by atoms with Crippen LogP contribution in [0.5, 0.6) is 5.75 Å². The molecular formula is C22H19F3N2O5. The van der Waals surface area contributed by atoms with Crippen LogP contribution in [0.1, 0.15) is 36.7 Å². The van der Waals surface area contributed by atoms with E-state index < -0.39 is 34.4 Å². The summed E-state index contributed by atoms with van der Waals surface area (Å²) in [6, 6.07) is 6.03. The van der Waals surface area contributed by atoms with Gasteiger partial charge < -0.3 is 14.5 Å². The highest BCUT2D eigenvalue weighted by Gasteiger charge is 2.33. The molecule has 7 nitrogen and oxygen atoms in total. The Labute approximate surface area is 180 Å². The van der Waals surface area contributed by atoms with Crippen LogP contribution in [-0.4, -0.2) is 16.9 Å². The Kier molecular flexibility index (Phi) is 5.53. The van der Waals surface area contributed by atoms with Gasteiger partial charge in [-0.25, -0.2) is 4.79 Å². The second kappa shape index (κ2) is 8.18.